The number of aromatic nitrogens is 1. The number of halogens is 1. The summed E-state index contributed by atoms with van der Waals surface area (Å²) in [5.41, 5.74) is 1.64. The second kappa shape index (κ2) is 5.41. The Morgan fingerprint density at radius 3 is 3.05 bits per heavy atom. The number of carbonyl (C=O) groups is 1. The molecule has 0 spiro atoms. The van der Waals surface area contributed by atoms with Gasteiger partial charge in [0, 0.05) is 35.6 Å². The third-order valence-electron chi connectivity index (χ3n) is 3.94. The molecule has 0 saturated carbocycles. The molecule has 1 aliphatic heterocycles. The number of piperidine rings is 1. The van der Waals surface area contributed by atoms with Crippen LogP contribution in [0.15, 0.2) is 36.5 Å². The lowest BCUT2D eigenvalue weighted by Gasteiger charge is -2.34. The average molecular weight is 289 g/mol. The van der Waals surface area contributed by atoms with Gasteiger partial charge in [-0.1, -0.05) is 13.0 Å². The molecule has 1 amide bonds. The molecule has 2 unspecified atom stereocenters. The summed E-state index contributed by atoms with van der Waals surface area (Å²) in [5.74, 6) is 0.433. The van der Waals surface area contributed by atoms with Crippen LogP contribution in [0.4, 0.5) is 0 Å². The van der Waals surface area contributed by atoms with Crippen LogP contribution in [0, 0.1) is 5.92 Å². The standard InChI is InChI=1S/C16H17ClN2O/c1-11-10-19(8-6-14(11)17)16(20)13-4-5-15-12(9-13)3-2-7-18-15/h2-5,7,9,11,14H,6,8,10H2,1H3. The van der Waals surface area contributed by atoms with Crippen LogP contribution in [0.3, 0.4) is 0 Å². The van der Waals surface area contributed by atoms with Gasteiger partial charge in [-0.25, -0.2) is 0 Å². The molecule has 0 N–H and O–H groups in total. The number of nitrogens with zero attached hydrogens (tertiary/aromatic N) is 2. The van der Waals surface area contributed by atoms with Gasteiger partial charge in [0.2, 0.25) is 0 Å². The lowest BCUT2D eigenvalue weighted by Crippen LogP contribution is -2.43. The molecule has 2 atom stereocenters. The number of likely N-dealkylation sites (tertiary alicyclic amines) is 1. The molecule has 20 heavy (non-hydrogen) atoms. The van der Waals surface area contributed by atoms with Crippen molar-refractivity contribution in [2.45, 2.75) is 18.7 Å². The van der Waals surface area contributed by atoms with E-state index in [9.17, 15) is 4.79 Å². The van der Waals surface area contributed by atoms with Gasteiger partial charge in [-0.15, -0.1) is 11.6 Å². The lowest BCUT2D eigenvalue weighted by molar-refractivity contribution is 0.0687. The average Bonchev–Trinajstić information content (AvgIpc) is 2.49. The number of rotatable bonds is 1. The van der Waals surface area contributed by atoms with E-state index in [1.165, 1.54) is 0 Å². The van der Waals surface area contributed by atoms with Crippen LogP contribution >= 0.6 is 11.6 Å². The molecule has 1 saturated heterocycles. The number of hydrogen-bond donors (Lipinski definition) is 0. The van der Waals surface area contributed by atoms with Crippen LogP contribution in [0.5, 0.6) is 0 Å². The number of alkyl halides is 1. The lowest BCUT2D eigenvalue weighted by atomic mass is 9.98. The highest BCUT2D eigenvalue weighted by Gasteiger charge is 2.27. The molecular weight excluding hydrogens is 272 g/mol. The van der Waals surface area contributed by atoms with Crippen molar-refractivity contribution in [3.63, 3.8) is 0 Å². The minimum atomic E-state index is 0.0890. The number of hydrogen-bond acceptors (Lipinski definition) is 2. The summed E-state index contributed by atoms with van der Waals surface area (Å²) in [5, 5.41) is 1.18. The molecule has 2 heterocycles. The minimum Gasteiger partial charge on any atom is -0.338 e. The maximum atomic E-state index is 12.6. The van der Waals surface area contributed by atoms with Crippen molar-refractivity contribution in [2.24, 2.45) is 5.92 Å². The molecule has 0 bridgehead atoms. The molecule has 3 nitrogen and oxygen atoms in total. The van der Waals surface area contributed by atoms with E-state index in [1.54, 1.807) is 6.20 Å². The fourth-order valence-electron chi connectivity index (χ4n) is 2.69. The number of carbonyl (C=O) groups excluding carboxylic acids is 1. The zero-order valence-corrected chi connectivity index (χ0v) is 12.2. The molecule has 3 rings (SSSR count). The van der Waals surface area contributed by atoms with E-state index in [0.29, 0.717) is 5.92 Å². The largest absolute Gasteiger partial charge is 0.338 e. The monoisotopic (exact) mass is 288 g/mol. The van der Waals surface area contributed by atoms with Gasteiger partial charge in [0.05, 0.1) is 5.52 Å². The van der Waals surface area contributed by atoms with Gasteiger partial charge in [0.15, 0.2) is 0 Å². The predicted octanol–water partition coefficient (Wildman–Crippen LogP) is 3.32. The van der Waals surface area contributed by atoms with Gasteiger partial charge in [-0.05, 0) is 36.6 Å². The van der Waals surface area contributed by atoms with Crippen molar-refractivity contribution in [1.29, 1.82) is 0 Å². The molecule has 0 aliphatic carbocycles. The first-order chi connectivity index (χ1) is 9.65. The number of pyridine rings is 1. The van der Waals surface area contributed by atoms with Crippen LogP contribution in [-0.4, -0.2) is 34.3 Å². The van der Waals surface area contributed by atoms with E-state index in [2.05, 4.69) is 11.9 Å². The van der Waals surface area contributed by atoms with Gasteiger partial charge >= 0.3 is 0 Å². The van der Waals surface area contributed by atoms with E-state index in [4.69, 9.17) is 11.6 Å². The summed E-state index contributed by atoms with van der Waals surface area (Å²) in [6, 6.07) is 9.54. The fourth-order valence-corrected chi connectivity index (χ4v) is 2.87. The van der Waals surface area contributed by atoms with Crippen LogP contribution in [0.2, 0.25) is 0 Å². The van der Waals surface area contributed by atoms with Crippen molar-refractivity contribution < 1.29 is 4.79 Å². The second-order valence-electron chi connectivity index (χ2n) is 5.44. The topological polar surface area (TPSA) is 33.2 Å². The van der Waals surface area contributed by atoms with Gasteiger partial charge in [0.25, 0.3) is 5.91 Å². The van der Waals surface area contributed by atoms with Crippen molar-refractivity contribution in [3.8, 4) is 0 Å². The second-order valence-corrected chi connectivity index (χ2v) is 6.00. The quantitative estimate of drug-likeness (QED) is 0.754. The molecule has 4 heteroatoms. The zero-order valence-electron chi connectivity index (χ0n) is 11.4. The minimum absolute atomic E-state index is 0.0890. The van der Waals surface area contributed by atoms with Crippen LogP contribution in [0.25, 0.3) is 10.9 Å². The Morgan fingerprint density at radius 1 is 1.40 bits per heavy atom. The third kappa shape index (κ3) is 2.50. The Morgan fingerprint density at radius 2 is 2.25 bits per heavy atom. The highest BCUT2D eigenvalue weighted by atomic mass is 35.5. The summed E-state index contributed by atoms with van der Waals surface area (Å²) in [6.07, 6.45) is 2.63. The number of benzene rings is 1. The highest BCUT2D eigenvalue weighted by Crippen LogP contribution is 2.23. The van der Waals surface area contributed by atoms with Gasteiger partial charge in [0.1, 0.15) is 0 Å². The van der Waals surface area contributed by atoms with Crippen molar-refractivity contribution in [2.75, 3.05) is 13.1 Å². The Hall–Kier alpha value is -1.61. The summed E-state index contributed by atoms with van der Waals surface area (Å²) in [7, 11) is 0. The van der Waals surface area contributed by atoms with E-state index in [1.807, 2.05) is 35.2 Å². The van der Waals surface area contributed by atoms with Crippen LogP contribution < -0.4 is 0 Å². The molecular formula is C16H17ClN2O. The molecule has 1 fully saturated rings. The summed E-state index contributed by atoms with van der Waals surface area (Å²) in [4.78, 5) is 18.7. The van der Waals surface area contributed by atoms with Crippen molar-refractivity contribution in [3.05, 3.63) is 42.1 Å². The molecule has 104 valence electrons. The Kier molecular flexibility index (Phi) is 3.62. The summed E-state index contributed by atoms with van der Waals surface area (Å²) < 4.78 is 0. The van der Waals surface area contributed by atoms with Gasteiger partial charge in [-0.2, -0.15) is 0 Å². The summed E-state index contributed by atoms with van der Waals surface area (Å²) in [6.45, 7) is 3.57. The molecule has 2 aromatic rings. The Bertz CT molecular complexity index is 643. The van der Waals surface area contributed by atoms with Gasteiger partial charge in [-0.3, -0.25) is 9.78 Å². The van der Waals surface area contributed by atoms with Crippen molar-refractivity contribution >= 4 is 28.4 Å². The number of amides is 1. The first-order valence-corrected chi connectivity index (χ1v) is 7.37. The molecule has 1 aliphatic rings. The maximum absolute atomic E-state index is 12.6. The summed E-state index contributed by atoms with van der Waals surface area (Å²) >= 11 is 6.21. The molecule has 1 aromatic heterocycles. The van der Waals surface area contributed by atoms with E-state index in [0.717, 1.165) is 36.0 Å². The SMILES string of the molecule is CC1CN(C(=O)c2ccc3ncccc3c2)CCC1Cl. The normalized spacial score (nSPS) is 23.0. The van der Waals surface area contributed by atoms with E-state index >= 15 is 0 Å². The van der Waals surface area contributed by atoms with Crippen molar-refractivity contribution in [1.82, 2.24) is 9.88 Å². The molecule has 0 radical (unpaired) electrons. The van der Waals surface area contributed by atoms with E-state index < -0.39 is 0 Å². The van der Waals surface area contributed by atoms with Crippen LogP contribution in [0.1, 0.15) is 23.7 Å². The highest BCUT2D eigenvalue weighted by molar-refractivity contribution is 6.20. The Labute approximate surface area is 123 Å². The number of fused-ring (bicyclic) bond motifs is 1. The van der Waals surface area contributed by atoms with Crippen LogP contribution in [-0.2, 0) is 0 Å². The first kappa shape index (κ1) is 13.4. The smallest absolute Gasteiger partial charge is 0.253 e. The first-order valence-electron chi connectivity index (χ1n) is 6.93. The Balaban J connectivity index is 1.85. The van der Waals surface area contributed by atoms with E-state index in [-0.39, 0.29) is 11.3 Å². The maximum Gasteiger partial charge on any atom is 0.253 e. The zero-order chi connectivity index (χ0) is 14.1. The third-order valence-corrected chi connectivity index (χ3v) is 4.59. The van der Waals surface area contributed by atoms with Gasteiger partial charge < -0.3 is 4.90 Å². The fraction of sp³-hybridized carbons (Fsp3) is 0.375. The molecule has 1 aromatic carbocycles. The predicted molar refractivity (Wildman–Crippen MR) is 81.1 cm³/mol.